The predicted molar refractivity (Wildman–Crippen MR) is 52.8 cm³/mol. The van der Waals surface area contributed by atoms with Crippen LogP contribution in [0.5, 0.6) is 5.75 Å². The Morgan fingerprint density at radius 3 is 3.14 bits per heavy atom. The van der Waals surface area contributed by atoms with Crippen molar-refractivity contribution < 1.29 is 4.74 Å². The molecule has 4 nitrogen and oxygen atoms in total. The van der Waals surface area contributed by atoms with Gasteiger partial charge in [0.2, 0.25) is 0 Å². The first-order chi connectivity index (χ1) is 6.86. The third kappa shape index (κ3) is 0.849. The van der Waals surface area contributed by atoms with Crippen LogP contribution >= 0.6 is 0 Å². The Bertz CT molecular complexity index is 490. The van der Waals surface area contributed by atoms with Crippen molar-refractivity contribution in [3.63, 3.8) is 0 Å². The van der Waals surface area contributed by atoms with Crippen LogP contribution in [0, 0.1) is 0 Å². The minimum Gasteiger partial charge on any atom is -0.487 e. The standard InChI is InChI=1S/C10H9N3O/c11-10-9-6-3-1-2-4-8(6)14-5-7(9)12-13-10/h1-4H,5H2,(H3,11,12,13). The van der Waals surface area contributed by atoms with E-state index in [1.165, 1.54) is 0 Å². The number of aromatic nitrogens is 2. The molecule has 1 aliphatic rings. The summed E-state index contributed by atoms with van der Waals surface area (Å²) in [5.41, 5.74) is 8.72. The van der Waals surface area contributed by atoms with Crippen molar-refractivity contribution >= 4 is 5.82 Å². The number of fused-ring (bicyclic) bond motifs is 3. The summed E-state index contributed by atoms with van der Waals surface area (Å²) in [5, 5.41) is 6.84. The Balaban J connectivity index is 2.32. The Morgan fingerprint density at radius 1 is 1.36 bits per heavy atom. The molecule has 14 heavy (non-hydrogen) atoms. The van der Waals surface area contributed by atoms with Crippen LogP contribution in [-0.4, -0.2) is 10.2 Å². The molecule has 1 aromatic heterocycles. The molecule has 1 aromatic carbocycles. The number of para-hydroxylation sites is 1. The molecule has 3 rings (SSSR count). The summed E-state index contributed by atoms with van der Waals surface area (Å²) in [7, 11) is 0. The summed E-state index contributed by atoms with van der Waals surface area (Å²) in [4.78, 5) is 0. The molecule has 0 radical (unpaired) electrons. The zero-order valence-electron chi connectivity index (χ0n) is 7.45. The van der Waals surface area contributed by atoms with Crippen LogP contribution < -0.4 is 10.5 Å². The van der Waals surface area contributed by atoms with Gasteiger partial charge in [0.05, 0.1) is 11.3 Å². The van der Waals surface area contributed by atoms with Crippen LogP contribution in [0.1, 0.15) is 5.69 Å². The SMILES string of the molecule is Nc1n[nH]c2c1-c1ccccc1OC2. The smallest absolute Gasteiger partial charge is 0.153 e. The van der Waals surface area contributed by atoms with Gasteiger partial charge in [-0.15, -0.1) is 0 Å². The first-order valence-corrected chi connectivity index (χ1v) is 4.41. The average Bonchev–Trinajstić information content (AvgIpc) is 2.61. The maximum absolute atomic E-state index is 5.78. The van der Waals surface area contributed by atoms with E-state index in [4.69, 9.17) is 10.5 Å². The minimum absolute atomic E-state index is 0.510. The van der Waals surface area contributed by atoms with Gasteiger partial charge < -0.3 is 10.5 Å². The number of rotatable bonds is 0. The molecule has 3 N–H and O–H groups in total. The number of anilines is 1. The molecule has 0 atom stereocenters. The normalized spacial score (nSPS) is 12.9. The molecule has 0 saturated heterocycles. The molecule has 0 spiro atoms. The van der Waals surface area contributed by atoms with E-state index in [2.05, 4.69) is 10.2 Å². The summed E-state index contributed by atoms with van der Waals surface area (Å²) in [5.74, 6) is 1.41. The lowest BCUT2D eigenvalue weighted by atomic mass is 10.0. The quantitative estimate of drug-likeness (QED) is 0.657. The van der Waals surface area contributed by atoms with Crippen LogP contribution in [-0.2, 0) is 6.61 Å². The zero-order chi connectivity index (χ0) is 9.54. The van der Waals surface area contributed by atoms with Gasteiger partial charge in [-0.05, 0) is 6.07 Å². The van der Waals surface area contributed by atoms with E-state index in [1.807, 2.05) is 24.3 Å². The van der Waals surface area contributed by atoms with Crippen LogP contribution in [0.15, 0.2) is 24.3 Å². The lowest BCUT2D eigenvalue weighted by molar-refractivity contribution is 0.297. The largest absolute Gasteiger partial charge is 0.487 e. The Kier molecular flexibility index (Phi) is 1.33. The minimum atomic E-state index is 0.510. The lowest BCUT2D eigenvalue weighted by Gasteiger charge is -2.16. The number of hydrogen-bond acceptors (Lipinski definition) is 3. The van der Waals surface area contributed by atoms with Crippen LogP contribution in [0.25, 0.3) is 11.1 Å². The van der Waals surface area contributed by atoms with E-state index in [0.29, 0.717) is 12.4 Å². The number of nitrogens with zero attached hydrogens (tertiary/aromatic N) is 1. The molecule has 70 valence electrons. The molecule has 0 unspecified atom stereocenters. The molecular formula is C10H9N3O. The van der Waals surface area contributed by atoms with Gasteiger partial charge in [-0.1, -0.05) is 18.2 Å². The van der Waals surface area contributed by atoms with E-state index < -0.39 is 0 Å². The van der Waals surface area contributed by atoms with Crippen LogP contribution in [0.4, 0.5) is 5.82 Å². The number of nitrogen functional groups attached to an aromatic ring is 1. The fourth-order valence-corrected chi connectivity index (χ4v) is 1.75. The summed E-state index contributed by atoms with van der Waals surface area (Å²) in [6.45, 7) is 0.510. The highest BCUT2D eigenvalue weighted by molar-refractivity contribution is 5.81. The second kappa shape index (κ2) is 2.51. The molecule has 0 amide bonds. The number of aromatic amines is 1. The van der Waals surface area contributed by atoms with E-state index in [1.54, 1.807) is 0 Å². The maximum atomic E-state index is 5.78. The summed E-state index contributed by atoms with van der Waals surface area (Å²) >= 11 is 0. The Morgan fingerprint density at radius 2 is 2.21 bits per heavy atom. The molecule has 4 heteroatoms. The van der Waals surface area contributed by atoms with Gasteiger partial charge in [-0.2, -0.15) is 5.10 Å². The molecule has 0 saturated carbocycles. The lowest BCUT2D eigenvalue weighted by Crippen LogP contribution is -2.05. The fourth-order valence-electron chi connectivity index (χ4n) is 1.75. The second-order valence-corrected chi connectivity index (χ2v) is 3.25. The van der Waals surface area contributed by atoms with E-state index in [9.17, 15) is 0 Å². The summed E-state index contributed by atoms with van der Waals surface area (Å²) in [6.07, 6.45) is 0. The summed E-state index contributed by atoms with van der Waals surface area (Å²) in [6, 6.07) is 7.83. The number of benzene rings is 1. The number of hydrogen-bond donors (Lipinski definition) is 2. The molecule has 0 fully saturated rings. The zero-order valence-corrected chi connectivity index (χ0v) is 7.45. The van der Waals surface area contributed by atoms with Crippen molar-refractivity contribution in [1.82, 2.24) is 10.2 Å². The van der Waals surface area contributed by atoms with Crippen molar-refractivity contribution in [1.29, 1.82) is 0 Å². The van der Waals surface area contributed by atoms with Crippen molar-refractivity contribution in [2.75, 3.05) is 5.73 Å². The first-order valence-electron chi connectivity index (χ1n) is 4.41. The maximum Gasteiger partial charge on any atom is 0.153 e. The number of H-pyrrole nitrogens is 1. The fraction of sp³-hybridized carbons (Fsp3) is 0.100. The highest BCUT2D eigenvalue weighted by Gasteiger charge is 2.21. The predicted octanol–water partition coefficient (Wildman–Crippen LogP) is 1.55. The van der Waals surface area contributed by atoms with Gasteiger partial charge in [0.1, 0.15) is 12.4 Å². The van der Waals surface area contributed by atoms with E-state index in [-0.39, 0.29) is 0 Å². The first kappa shape index (κ1) is 7.44. The summed E-state index contributed by atoms with van der Waals surface area (Å²) < 4.78 is 5.54. The highest BCUT2D eigenvalue weighted by Crippen LogP contribution is 2.39. The van der Waals surface area contributed by atoms with Crippen molar-refractivity contribution in [3.05, 3.63) is 30.0 Å². The van der Waals surface area contributed by atoms with Gasteiger partial charge in [0.15, 0.2) is 5.82 Å². The molecule has 0 bridgehead atoms. The van der Waals surface area contributed by atoms with Crippen LogP contribution in [0.2, 0.25) is 0 Å². The average molecular weight is 187 g/mol. The molecule has 2 heterocycles. The van der Waals surface area contributed by atoms with E-state index in [0.717, 1.165) is 22.6 Å². The topological polar surface area (TPSA) is 63.9 Å². The molecule has 0 aliphatic carbocycles. The number of nitrogens with one attached hydrogen (secondary N) is 1. The van der Waals surface area contributed by atoms with Gasteiger partial charge >= 0.3 is 0 Å². The monoisotopic (exact) mass is 187 g/mol. The Hall–Kier alpha value is -1.97. The van der Waals surface area contributed by atoms with Gasteiger partial charge in [0.25, 0.3) is 0 Å². The second-order valence-electron chi connectivity index (χ2n) is 3.25. The Labute approximate surface area is 80.7 Å². The molecular weight excluding hydrogens is 178 g/mol. The van der Waals surface area contributed by atoms with E-state index >= 15 is 0 Å². The van der Waals surface area contributed by atoms with Crippen molar-refractivity contribution in [2.45, 2.75) is 6.61 Å². The third-order valence-corrected chi connectivity index (χ3v) is 2.40. The molecule has 1 aliphatic heterocycles. The van der Waals surface area contributed by atoms with Gasteiger partial charge in [-0.3, -0.25) is 5.10 Å². The van der Waals surface area contributed by atoms with Crippen molar-refractivity contribution in [2.24, 2.45) is 0 Å². The van der Waals surface area contributed by atoms with Gasteiger partial charge in [-0.25, -0.2) is 0 Å². The number of ether oxygens (including phenoxy) is 1. The highest BCUT2D eigenvalue weighted by atomic mass is 16.5. The van der Waals surface area contributed by atoms with Gasteiger partial charge in [0, 0.05) is 5.56 Å². The number of nitrogens with two attached hydrogens (primary N) is 1. The molecule has 2 aromatic rings. The third-order valence-electron chi connectivity index (χ3n) is 2.40. The van der Waals surface area contributed by atoms with Crippen LogP contribution in [0.3, 0.4) is 0 Å². The van der Waals surface area contributed by atoms with Crippen molar-refractivity contribution in [3.8, 4) is 16.9 Å².